The summed E-state index contributed by atoms with van der Waals surface area (Å²) in [5.74, 6) is 1.55. The highest BCUT2D eigenvalue weighted by Gasteiger charge is 2.26. The monoisotopic (exact) mass is 312 g/mol. The van der Waals surface area contributed by atoms with E-state index in [1.54, 1.807) is 6.07 Å². The molecule has 0 amide bonds. The molecule has 0 aliphatic carbocycles. The predicted molar refractivity (Wildman–Crippen MR) is 81.7 cm³/mol. The van der Waals surface area contributed by atoms with E-state index in [4.69, 9.17) is 6.42 Å². The van der Waals surface area contributed by atoms with Crippen LogP contribution in [0.4, 0.5) is 4.39 Å². The topological polar surface area (TPSA) is 49.4 Å². The maximum Gasteiger partial charge on any atom is 0.246 e. The highest BCUT2D eigenvalue weighted by molar-refractivity contribution is 7.89. The summed E-state index contributed by atoms with van der Waals surface area (Å²) in [4.78, 5) is -0.318. The first-order valence-corrected chi connectivity index (χ1v) is 8.34. The van der Waals surface area contributed by atoms with Gasteiger partial charge < -0.3 is 5.32 Å². The molecule has 1 aromatic carbocycles. The fraction of sp³-hybridized carbons (Fsp3) is 0.467. The van der Waals surface area contributed by atoms with Gasteiger partial charge in [0.25, 0.3) is 0 Å². The molecule has 0 aromatic heterocycles. The molecular weight excluding hydrogens is 291 g/mol. The minimum atomic E-state index is -3.92. The van der Waals surface area contributed by atoms with Gasteiger partial charge in [-0.25, -0.2) is 12.8 Å². The van der Waals surface area contributed by atoms with Crippen LogP contribution in [0.1, 0.15) is 25.8 Å². The van der Waals surface area contributed by atoms with Crippen LogP contribution in [-0.4, -0.2) is 32.4 Å². The number of rotatable bonds is 8. The Morgan fingerprint density at radius 1 is 1.38 bits per heavy atom. The molecule has 0 spiro atoms. The van der Waals surface area contributed by atoms with Crippen LogP contribution in [0.5, 0.6) is 0 Å². The predicted octanol–water partition coefficient (Wildman–Crippen LogP) is 1.97. The van der Waals surface area contributed by atoms with Crippen molar-refractivity contribution in [2.45, 2.75) is 31.7 Å². The Balaban J connectivity index is 3.19. The van der Waals surface area contributed by atoms with Crippen molar-refractivity contribution in [1.29, 1.82) is 0 Å². The molecule has 0 saturated carbocycles. The van der Waals surface area contributed by atoms with E-state index >= 15 is 0 Å². The van der Waals surface area contributed by atoms with Crippen molar-refractivity contribution >= 4 is 10.0 Å². The Morgan fingerprint density at radius 3 is 2.67 bits per heavy atom. The maximum absolute atomic E-state index is 14.0. The van der Waals surface area contributed by atoms with Crippen molar-refractivity contribution in [3.63, 3.8) is 0 Å². The first-order chi connectivity index (χ1) is 9.97. The first kappa shape index (κ1) is 17.6. The standard InChI is InChI=1S/C15H21FN2O2S/c1-4-9-18(10-5-2)21(19,20)15-11-13(12-17-6-3)7-8-14(15)16/h1,7-8,11,17H,5-6,9-10,12H2,2-3H3. The molecule has 0 aliphatic rings. The van der Waals surface area contributed by atoms with Crippen molar-refractivity contribution in [1.82, 2.24) is 9.62 Å². The molecular formula is C15H21FN2O2S. The summed E-state index contributed by atoms with van der Waals surface area (Å²) in [6, 6.07) is 4.12. The summed E-state index contributed by atoms with van der Waals surface area (Å²) >= 11 is 0. The average Bonchev–Trinajstić information content (AvgIpc) is 2.46. The van der Waals surface area contributed by atoms with E-state index in [0.29, 0.717) is 18.5 Å². The Morgan fingerprint density at radius 2 is 2.10 bits per heavy atom. The maximum atomic E-state index is 14.0. The molecule has 0 fully saturated rings. The molecule has 0 unspecified atom stereocenters. The van der Waals surface area contributed by atoms with Crippen LogP contribution in [-0.2, 0) is 16.6 Å². The van der Waals surface area contributed by atoms with Crippen molar-refractivity contribution in [2.75, 3.05) is 19.6 Å². The van der Waals surface area contributed by atoms with Crippen molar-refractivity contribution < 1.29 is 12.8 Å². The third-order valence-corrected chi connectivity index (χ3v) is 4.79. The smallest absolute Gasteiger partial charge is 0.246 e. The fourth-order valence-electron chi connectivity index (χ4n) is 1.90. The van der Waals surface area contributed by atoms with Gasteiger partial charge in [0.2, 0.25) is 10.0 Å². The third-order valence-electron chi connectivity index (χ3n) is 2.93. The van der Waals surface area contributed by atoms with E-state index < -0.39 is 15.8 Å². The third kappa shape index (κ3) is 4.53. The molecule has 4 nitrogen and oxygen atoms in total. The van der Waals surface area contributed by atoms with Gasteiger partial charge in [0.15, 0.2) is 0 Å². The van der Waals surface area contributed by atoms with Crippen LogP contribution in [0.2, 0.25) is 0 Å². The van der Waals surface area contributed by atoms with Gasteiger partial charge in [-0.15, -0.1) is 6.42 Å². The van der Waals surface area contributed by atoms with Crippen LogP contribution in [0.25, 0.3) is 0 Å². The molecule has 0 heterocycles. The zero-order valence-electron chi connectivity index (χ0n) is 12.4. The highest BCUT2D eigenvalue weighted by atomic mass is 32.2. The number of terminal acetylenes is 1. The van der Waals surface area contributed by atoms with E-state index in [1.165, 1.54) is 12.1 Å². The minimum absolute atomic E-state index is 0.0624. The van der Waals surface area contributed by atoms with Gasteiger partial charge in [0.1, 0.15) is 10.7 Å². The average molecular weight is 312 g/mol. The second kappa shape index (κ2) is 8.13. The van der Waals surface area contributed by atoms with Crippen LogP contribution >= 0.6 is 0 Å². The van der Waals surface area contributed by atoms with Crippen molar-refractivity contribution in [3.05, 3.63) is 29.6 Å². The first-order valence-electron chi connectivity index (χ1n) is 6.90. The van der Waals surface area contributed by atoms with E-state index in [2.05, 4.69) is 11.2 Å². The summed E-state index contributed by atoms with van der Waals surface area (Å²) in [5, 5.41) is 3.08. The lowest BCUT2D eigenvalue weighted by Gasteiger charge is -2.20. The summed E-state index contributed by atoms with van der Waals surface area (Å²) in [6.45, 7) is 5.23. The molecule has 21 heavy (non-hydrogen) atoms. The van der Waals surface area contributed by atoms with Gasteiger partial charge in [-0.2, -0.15) is 4.31 Å². The number of hydrogen-bond acceptors (Lipinski definition) is 3. The zero-order chi connectivity index (χ0) is 15.9. The zero-order valence-corrected chi connectivity index (χ0v) is 13.2. The number of halogens is 1. The van der Waals surface area contributed by atoms with Crippen LogP contribution in [0, 0.1) is 18.2 Å². The lowest BCUT2D eigenvalue weighted by atomic mass is 10.2. The minimum Gasteiger partial charge on any atom is -0.313 e. The van der Waals surface area contributed by atoms with Crippen LogP contribution < -0.4 is 5.32 Å². The van der Waals surface area contributed by atoms with E-state index in [-0.39, 0.29) is 18.0 Å². The Labute approximate surface area is 126 Å². The molecule has 6 heteroatoms. The fourth-order valence-corrected chi connectivity index (χ4v) is 3.46. The van der Waals surface area contributed by atoms with Crippen molar-refractivity contribution in [3.8, 4) is 12.3 Å². The van der Waals surface area contributed by atoms with Gasteiger partial charge in [-0.05, 0) is 30.7 Å². The molecule has 1 rings (SSSR count). The number of nitrogens with zero attached hydrogens (tertiary/aromatic N) is 1. The van der Waals surface area contributed by atoms with E-state index in [0.717, 1.165) is 10.8 Å². The Kier molecular flexibility index (Phi) is 6.82. The van der Waals surface area contributed by atoms with Gasteiger partial charge in [-0.3, -0.25) is 0 Å². The largest absolute Gasteiger partial charge is 0.313 e. The van der Waals surface area contributed by atoms with E-state index in [1.807, 2.05) is 13.8 Å². The molecule has 0 atom stereocenters. The summed E-state index contributed by atoms with van der Waals surface area (Å²) in [5.41, 5.74) is 0.717. The lowest BCUT2D eigenvalue weighted by molar-refractivity contribution is 0.440. The number of nitrogens with one attached hydrogen (secondary N) is 1. The van der Waals surface area contributed by atoms with Gasteiger partial charge in [0, 0.05) is 13.1 Å². The Hall–Kier alpha value is -1.42. The number of sulfonamides is 1. The number of hydrogen-bond donors (Lipinski definition) is 1. The van der Waals surface area contributed by atoms with Crippen LogP contribution in [0.15, 0.2) is 23.1 Å². The summed E-state index contributed by atoms with van der Waals surface area (Å²) in [6.07, 6.45) is 5.82. The molecule has 0 aliphatic heterocycles. The Bertz CT molecular complexity index is 609. The molecule has 116 valence electrons. The SMILES string of the molecule is C#CCN(CCC)S(=O)(=O)c1cc(CNCC)ccc1F. The molecule has 1 aromatic rings. The number of benzene rings is 1. The molecule has 0 radical (unpaired) electrons. The van der Waals surface area contributed by atoms with Gasteiger partial charge in [0.05, 0.1) is 6.54 Å². The van der Waals surface area contributed by atoms with E-state index in [9.17, 15) is 12.8 Å². The van der Waals surface area contributed by atoms with Crippen molar-refractivity contribution in [2.24, 2.45) is 0 Å². The second-order valence-corrected chi connectivity index (χ2v) is 6.49. The van der Waals surface area contributed by atoms with Gasteiger partial charge >= 0.3 is 0 Å². The molecule has 1 N–H and O–H groups in total. The highest BCUT2D eigenvalue weighted by Crippen LogP contribution is 2.21. The molecule has 0 bridgehead atoms. The summed E-state index contributed by atoms with van der Waals surface area (Å²) < 4.78 is 40.1. The lowest BCUT2D eigenvalue weighted by Crippen LogP contribution is -2.33. The van der Waals surface area contributed by atoms with Gasteiger partial charge in [-0.1, -0.05) is 25.8 Å². The quantitative estimate of drug-likeness (QED) is 0.747. The van der Waals surface area contributed by atoms with Crippen LogP contribution in [0.3, 0.4) is 0 Å². The second-order valence-electron chi connectivity index (χ2n) is 4.59. The summed E-state index contributed by atoms with van der Waals surface area (Å²) in [7, 11) is -3.92. The normalized spacial score (nSPS) is 11.6. The molecule has 0 saturated heterocycles.